The van der Waals surface area contributed by atoms with Crippen molar-refractivity contribution < 1.29 is 4.57 Å². The highest BCUT2D eigenvalue weighted by Crippen LogP contribution is 2.38. The van der Waals surface area contributed by atoms with Crippen LogP contribution in [0, 0.1) is 0 Å². The van der Waals surface area contributed by atoms with Gasteiger partial charge in [-0.3, -0.25) is 4.57 Å². The Balaban J connectivity index is 1.39. The molecule has 0 atom stereocenters. The summed E-state index contributed by atoms with van der Waals surface area (Å²) in [6.45, 7) is 18.2. The lowest BCUT2D eigenvalue weighted by molar-refractivity contribution is -0.731. The number of pyridine rings is 1. The second kappa shape index (κ2) is 10.2. The summed E-state index contributed by atoms with van der Waals surface area (Å²) < 4.78 is 7.04. The molecule has 0 amide bonds. The van der Waals surface area contributed by atoms with Crippen molar-refractivity contribution >= 4 is 32.8 Å². The van der Waals surface area contributed by atoms with Crippen LogP contribution in [0.3, 0.4) is 0 Å². The molecule has 4 nitrogen and oxygen atoms in total. The number of para-hydroxylation sites is 3. The van der Waals surface area contributed by atoms with Gasteiger partial charge in [-0.25, -0.2) is 9.55 Å². The zero-order valence-electron chi connectivity index (χ0n) is 27.8. The molecular formula is C41H43N4+. The van der Waals surface area contributed by atoms with Gasteiger partial charge in [0.15, 0.2) is 11.0 Å². The minimum atomic E-state index is -0.241. The quantitative estimate of drug-likeness (QED) is 0.187. The first kappa shape index (κ1) is 29.0. The summed E-state index contributed by atoms with van der Waals surface area (Å²) in [5.74, 6) is 0.956. The van der Waals surface area contributed by atoms with Crippen LogP contribution < -0.4 is 4.57 Å². The first-order valence-corrected chi connectivity index (χ1v) is 16.0. The average Bonchev–Trinajstić information content (AvgIpc) is 3.57. The Bertz CT molecular complexity index is 2210. The Morgan fingerprint density at radius 3 is 2.02 bits per heavy atom. The third-order valence-electron chi connectivity index (χ3n) is 9.44. The third-order valence-corrected chi connectivity index (χ3v) is 9.44. The molecule has 4 aromatic carbocycles. The number of nitrogens with zero attached hydrogens (tertiary/aromatic N) is 4. The lowest BCUT2D eigenvalue weighted by atomic mass is 9.77. The fourth-order valence-electron chi connectivity index (χ4n) is 6.68. The Morgan fingerprint density at radius 2 is 1.27 bits per heavy atom. The Labute approximate surface area is 266 Å². The van der Waals surface area contributed by atoms with E-state index < -0.39 is 0 Å². The van der Waals surface area contributed by atoms with Gasteiger partial charge in [0.1, 0.15) is 17.0 Å². The van der Waals surface area contributed by atoms with E-state index in [1.54, 1.807) is 0 Å². The van der Waals surface area contributed by atoms with E-state index in [0.29, 0.717) is 0 Å². The van der Waals surface area contributed by atoms with E-state index in [0.717, 1.165) is 11.5 Å². The number of benzene rings is 4. The van der Waals surface area contributed by atoms with Crippen LogP contribution in [0.25, 0.3) is 44.3 Å². The maximum Gasteiger partial charge on any atom is 0.250 e. The number of rotatable bonds is 4. The fraction of sp³-hybridized carbons (Fsp3) is 0.268. The predicted molar refractivity (Wildman–Crippen MR) is 188 cm³/mol. The highest BCUT2D eigenvalue weighted by atomic mass is 15.2. The molecule has 4 heteroatoms. The standard InChI is InChI=1S/C41H43N4/c1-39(2,3)28-22-23-42-38(26-28)45-34-17-10-9-16-32(34)33-21-20-30(25-37(33)45)41(7,8)29-14-13-15-31(24-29)43-27-44(40(4,5)6)36-19-12-11-18-35(36)43/h9-27H,1-8H3/q+1. The molecule has 7 aromatic rings. The topological polar surface area (TPSA) is 26.6 Å². The van der Waals surface area contributed by atoms with Crippen LogP contribution in [0.1, 0.15) is 72.1 Å². The van der Waals surface area contributed by atoms with E-state index >= 15 is 0 Å². The van der Waals surface area contributed by atoms with Crippen LogP contribution in [0.5, 0.6) is 0 Å². The van der Waals surface area contributed by atoms with E-state index in [-0.39, 0.29) is 16.4 Å². The molecule has 0 radical (unpaired) electrons. The van der Waals surface area contributed by atoms with Crippen molar-refractivity contribution in [3.63, 3.8) is 0 Å². The van der Waals surface area contributed by atoms with Crippen LogP contribution in [0.15, 0.2) is 116 Å². The van der Waals surface area contributed by atoms with Crippen LogP contribution in [0.4, 0.5) is 0 Å². The lowest BCUT2D eigenvalue weighted by Gasteiger charge is -2.27. The highest BCUT2D eigenvalue weighted by molar-refractivity contribution is 6.09. The third kappa shape index (κ3) is 4.84. The molecule has 3 aromatic heterocycles. The van der Waals surface area contributed by atoms with Gasteiger partial charge in [-0.15, -0.1) is 0 Å². The van der Waals surface area contributed by atoms with Gasteiger partial charge >= 0.3 is 0 Å². The van der Waals surface area contributed by atoms with Crippen LogP contribution in [-0.4, -0.2) is 14.1 Å². The number of hydrogen-bond acceptors (Lipinski definition) is 1. The Kier molecular flexibility index (Phi) is 6.56. The molecule has 0 saturated heterocycles. The van der Waals surface area contributed by atoms with E-state index in [9.17, 15) is 0 Å². The molecule has 3 heterocycles. The molecule has 0 fully saturated rings. The van der Waals surface area contributed by atoms with E-state index in [1.807, 2.05) is 6.20 Å². The lowest BCUT2D eigenvalue weighted by Crippen LogP contribution is -2.49. The summed E-state index contributed by atoms with van der Waals surface area (Å²) in [5, 5.41) is 2.49. The number of aromatic nitrogens is 4. The molecule has 7 rings (SSSR count). The monoisotopic (exact) mass is 591 g/mol. The van der Waals surface area contributed by atoms with Gasteiger partial charge in [-0.1, -0.05) is 89.2 Å². The van der Waals surface area contributed by atoms with Gasteiger partial charge in [-0.2, -0.15) is 4.57 Å². The second-order valence-corrected chi connectivity index (χ2v) is 14.9. The predicted octanol–water partition coefficient (Wildman–Crippen LogP) is 9.79. The minimum absolute atomic E-state index is 0.0309. The molecule has 0 unspecified atom stereocenters. The van der Waals surface area contributed by atoms with Crippen molar-refractivity contribution in [3.8, 4) is 11.5 Å². The number of hydrogen-bond donors (Lipinski definition) is 0. The summed E-state index contributed by atoms with van der Waals surface area (Å²) in [6, 6.07) is 37.8. The van der Waals surface area contributed by atoms with Gasteiger partial charge in [0, 0.05) is 22.4 Å². The second-order valence-electron chi connectivity index (χ2n) is 14.9. The summed E-state index contributed by atoms with van der Waals surface area (Å²) in [7, 11) is 0. The first-order chi connectivity index (χ1) is 21.3. The van der Waals surface area contributed by atoms with Crippen molar-refractivity contribution in [3.05, 3.63) is 132 Å². The summed E-state index contributed by atoms with van der Waals surface area (Å²) in [4.78, 5) is 4.89. The SMILES string of the molecule is CC(C)(C)c1ccnc(-n2c3ccccc3c3ccc(C(C)(C)c4cccc(-n5c[n+](C(C)(C)C)c6ccccc65)c4)cc32)c1. The van der Waals surface area contributed by atoms with Crippen molar-refractivity contribution in [2.75, 3.05) is 0 Å². The smallest absolute Gasteiger partial charge is 0.250 e. The maximum atomic E-state index is 4.89. The number of fused-ring (bicyclic) bond motifs is 4. The highest BCUT2D eigenvalue weighted by Gasteiger charge is 2.29. The molecule has 0 saturated carbocycles. The Hall–Kier alpha value is -4.70. The Morgan fingerprint density at radius 1 is 0.578 bits per heavy atom. The molecule has 0 bridgehead atoms. The zero-order valence-corrected chi connectivity index (χ0v) is 27.8. The van der Waals surface area contributed by atoms with Gasteiger partial charge in [0.25, 0.3) is 0 Å². The van der Waals surface area contributed by atoms with E-state index in [2.05, 4.69) is 179 Å². The zero-order chi connectivity index (χ0) is 31.7. The molecule has 0 aliphatic carbocycles. The molecule has 0 spiro atoms. The summed E-state index contributed by atoms with van der Waals surface area (Å²) in [5.41, 5.74) is 9.54. The van der Waals surface area contributed by atoms with Crippen molar-refractivity contribution in [1.29, 1.82) is 0 Å². The van der Waals surface area contributed by atoms with Crippen molar-refractivity contribution in [2.45, 2.75) is 71.8 Å². The number of imidazole rings is 1. The molecule has 226 valence electrons. The fourth-order valence-corrected chi connectivity index (χ4v) is 6.68. The van der Waals surface area contributed by atoms with Crippen LogP contribution >= 0.6 is 0 Å². The van der Waals surface area contributed by atoms with Crippen molar-refractivity contribution in [1.82, 2.24) is 14.1 Å². The van der Waals surface area contributed by atoms with Gasteiger partial charge in [-0.05, 0) is 91.4 Å². The van der Waals surface area contributed by atoms with Gasteiger partial charge in [0.05, 0.1) is 11.0 Å². The van der Waals surface area contributed by atoms with Gasteiger partial charge in [0.2, 0.25) is 6.33 Å². The molecule has 0 N–H and O–H groups in total. The molecule has 0 aliphatic heterocycles. The summed E-state index contributed by atoms with van der Waals surface area (Å²) in [6.07, 6.45) is 4.20. The summed E-state index contributed by atoms with van der Waals surface area (Å²) >= 11 is 0. The van der Waals surface area contributed by atoms with Crippen molar-refractivity contribution in [2.24, 2.45) is 0 Å². The van der Waals surface area contributed by atoms with E-state index in [4.69, 9.17) is 4.98 Å². The van der Waals surface area contributed by atoms with E-state index in [1.165, 1.54) is 49.5 Å². The average molecular weight is 592 g/mol. The van der Waals surface area contributed by atoms with Crippen LogP contribution in [-0.2, 0) is 16.4 Å². The largest absolute Gasteiger partial charge is 0.294 e. The molecular weight excluding hydrogens is 548 g/mol. The minimum Gasteiger partial charge on any atom is -0.294 e. The first-order valence-electron chi connectivity index (χ1n) is 16.0. The normalized spacial score (nSPS) is 12.9. The molecule has 0 aliphatic rings. The van der Waals surface area contributed by atoms with Gasteiger partial charge < -0.3 is 0 Å². The molecule has 45 heavy (non-hydrogen) atoms. The van der Waals surface area contributed by atoms with Crippen LogP contribution in [0.2, 0.25) is 0 Å². The maximum absolute atomic E-state index is 4.89.